The van der Waals surface area contributed by atoms with E-state index in [0.717, 1.165) is 36.1 Å². The average Bonchev–Trinajstić information content (AvgIpc) is 3.38. The highest BCUT2D eigenvalue weighted by Gasteiger charge is 2.36. The van der Waals surface area contributed by atoms with E-state index in [2.05, 4.69) is 5.32 Å². The Labute approximate surface area is 222 Å². The van der Waals surface area contributed by atoms with Crippen molar-refractivity contribution in [2.45, 2.75) is 69.4 Å². The molecule has 1 aliphatic heterocycles. The standard InChI is InChI=1S/C26H34ClN3O4S2/c1-19-11-12-23(15-24(19)27)36(33,34)30-13-5-7-20(16-30)26(32)29(17-22-10-6-14-35-22)18-25(31)28-21-8-3-2-4-9-21/h6,10-12,14-15,20-21H,2-5,7-9,13,16-18H2,1H3,(H,28,31). The number of sulfonamides is 1. The van der Waals surface area contributed by atoms with Gasteiger partial charge >= 0.3 is 0 Å². The Morgan fingerprint density at radius 2 is 1.92 bits per heavy atom. The Bertz CT molecular complexity index is 1160. The maximum atomic E-state index is 13.7. The van der Waals surface area contributed by atoms with E-state index in [0.29, 0.717) is 31.0 Å². The molecule has 2 fully saturated rings. The predicted octanol–water partition coefficient (Wildman–Crippen LogP) is 4.59. The zero-order chi connectivity index (χ0) is 25.7. The molecule has 0 radical (unpaired) electrons. The van der Waals surface area contributed by atoms with Gasteiger partial charge in [-0.1, -0.05) is 43.0 Å². The molecule has 2 heterocycles. The maximum Gasteiger partial charge on any atom is 0.243 e. The highest BCUT2D eigenvalue weighted by Crippen LogP contribution is 2.28. The van der Waals surface area contributed by atoms with Crippen molar-refractivity contribution in [2.24, 2.45) is 5.92 Å². The number of carbonyl (C=O) groups excluding carboxylic acids is 2. The van der Waals surface area contributed by atoms with Gasteiger partial charge in [0.1, 0.15) is 0 Å². The molecule has 2 aliphatic rings. The van der Waals surface area contributed by atoms with Crippen LogP contribution in [0.3, 0.4) is 0 Å². The van der Waals surface area contributed by atoms with E-state index in [-0.39, 0.29) is 35.8 Å². The van der Waals surface area contributed by atoms with Gasteiger partial charge in [0, 0.05) is 29.0 Å². The Morgan fingerprint density at radius 1 is 1.14 bits per heavy atom. The minimum absolute atomic E-state index is 0.0238. The first-order valence-electron chi connectivity index (χ1n) is 12.6. The largest absolute Gasteiger partial charge is 0.352 e. The lowest BCUT2D eigenvalue weighted by Gasteiger charge is -2.34. The molecule has 4 rings (SSSR count). The van der Waals surface area contributed by atoms with Crippen molar-refractivity contribution in [2.75, 3.05) is 19.6 Å². The average molecular weight is 552 g/mol. The summed E-state index contributed by atoms with van der Waals surface area (Å²) in [5.41, 5.74) is 0.804. The number of rotatable bonds is 8. The number of nitrogens with zero attached hydrogens (tertiary/aromatic N) is 2. The molecule has 1 atom stereocenters. The molecule has 2 aromatic rings. The van der Waals surface area contributed by atoms with Crippen molar-refractivity contribution in [3.8, 4) is 0 Å². The van der Waals surface area contributed by atoms with Crippen molar-refractivity contribution in [3.05, 3.63) is 51.2 Å². The van der Waals surface area contributed by atoms with Crippen LogP contribution in [-0.2, 0) is 26.2 Å². The molecule has 2 amide bonds. The smallest absolute Gasteiger partial charge is 0.243 e. The van der Waals surface area contributed by atoms with Gasteiger partial charge in [0.15, 0.2) is 0 Å². The topological polar surface area (TPSA) is 86.8 Å². The fourth-order valence-electron chi connectivity index (χ4n) is 5.00. The van der Waals surface area contributed by atoms with E-state index < -0.39 is 15.9 Å². The minimum atomic E-state index is -3.78. The fraction of sp³-hybridized carbons (Fsp3) is 0.538. The molecule has 1 aliphatic carbocycles. The molecule has 36 heavy (non-hydrogen) atoms. The van der Waals surface area contributed by atoms with E-state index in [1.807, 2.05) is 24.4 Å². The quantitative estimate of drug-likeness (QED) is 0.520. The van der Waals surface area contributed by atoms with Crippen LogP contribution in [-0.4, -0.2) is 55.1 Å². The summed E-state index contributed by atoms with van der Waals surface area (Å²) in [7, 11) is -3.78. The van der Waals surface area contributed by atoms with Crippen molar-refractivity contribution in [1.29, 1.82) is 0 Å². The van der Waals surface area contributed by atoms with Crippen LogP contribution < -0.4 is 5.32 Å². The van der Waals surface area contributed by atoms with Crippen molar-refractivity contribution >= 4 is 44.8 Å². The molecular formula is C26H34ClN3O4S2. The first kappa shape index (κ1) is 27.1. The van der Waals surface area contributed by atoms with E-state index in [1.54, 1.807) is 17.0 Å². The van der Waals surface area contributed by atoms with Crippen molar-refractivity contribution < 1.29 is 18.0 Å². The number of hydrogen-bond donors (Lipinski definition) is 1. The van der Waals surface area contributed by atoms with Crippen LogP contribution >= 0.6 is 22.9 Å². The Balaban J connectivity index is 1.47. The summed E-state index contributed by atoms with van der Waals surface area (Å²) in [4.78, 5) is 29.3. The molecule has 0 bridgehead atoms. The minimum Gasteiger partial charge on any atom is -0.352 e. The van der Waals surface area contributed by atoms with Gasteiger partial charge in [0.2, 0.25) is 21.8 Å². The number of benzene rings is 1. The van der Waals surface area contributed by atoms with Crippen LogP contribution in [0.15, 0.2) is 40.6 Å². The summed E-state index contributed by atoms with van der Waals surface area (Å²) in [6.07, 6.45) is 6.54. The Kier molecular flexibility index (Phi) is 9.09. The van der Waals surface area contributed by atoms with Gasteiger partial charge in [-0.15, -0.1) is 11.3 Å². The van der Waals surface area contributed by atoms with Gasteiger partial charge in [0.05, 0.1) is 23.9 Å². The molecule has 1 saturated heterocycles. The second kappa shape index (κ2) is 12.1. The zero-order valence-corrected chi connectivity index (χ0v) is 23.0. The van der Waals surface area contributed by atoms with E-state index in [4.69, 9.17) is 11.6 Å². The third-order valence-electron chi connectivity index (χ3n) is 7.06. The molecule has 196 valence electrons. The van der Waals surface area contributed by atoms with Crippen LogP contribution in [0.4, 0.5) is 0 Å². The van der Waals surface area contributed by atoms with Gasteiger partial charge in [-0.25, -0.2) is 8.42 Å². The van der Waals surface area contributed by atoms with Crippen molar-refractivity contribution in [3.63, 3.8) is 0 Å². The summed E-state index contributed by atoms with van der Waals surface area (Å²) >= 11 is 7.72. The number of halogens is 1. The van der Waals surface area contributed by atoms with Crippen LogP contribution in [0.2, 0.25) is 5.02 Å². The van der Waals surface area contributed by atoms with Gasteiger partial charge in [0.25, 0.3) is 0 Å². The Hall–Kier alpha value is -1.94. The first-order valence-corrected chi connectivity index (χ1v) is 15.3. The number of nitrogens with one attached hydrogen (secondary N) is 1. The number of piperidine rings is 1. The highest BCUT2D eigenvalue weighted by molar-refractivity contribution is 7.89. The molecule has 1 aromatic heterocycles. The summed E-state index contributed by atoms with van der Waals surface area (Å²) in [5, 5.41) is 5.44. The lowest BCUT2D eigenvalue weighted by atomic mass is 9.95. The number of carbonyl (C=O) groups is 2. The lowest BCUT2D eigenvalue weighted by Crippen LogP contribution is -2.49. The van der Waals surface area contributed by atoms with Gasteiger partial charge in [-0.3, -0.25) is 9.59 Å². The lowest BCUT2D eigenvalue weighted by molar-refractivity contribution is -0.141. The van der Waals surface area contributed by atoms with Gasteiger partial charge < -0.3 is 10.2 Å². The number of thiophene rings is 1. The molecule has 0 spiro atoms. The van der Waals surface area contributed by atoms with E-state index >= 15 is 0 Å². The molecule has 1 unspecified atom stereocenters. The van der Waals surface area contributed by atoms with E-state index in [9.17, 15) is 18.0 Å². The molecule has 7 nitrogen and oxygen atoms in total. The van der Waals surface area contributed by atoms with Crippen LogP contribution in [0.25, 0.3) is 0 Å². The first-order chi connectivity index (χ1) is 17.2. The monoisotopic (exact) mass is 551 g/mol. The predicted molar refractivity (Wildman–Crippen MR) is 142 cm³/mol. The van der Waals surface area contributed by atoms with Crippen molar-refractivity contribution in [1.82, 2.24) is 14.5 Å². The highest BCUT2D eigenvalue weighted by atomic mass is 35.5. The molecule has 10 heteroatoms. The Morgan fingerprint density at radius 3 is 2.61 bits per heavy atom. The van der Waals surface area contributed by atoms with Gasteiger partial charge in [-0.2, -0.15) is 4.31 Å². The molecular weight excluding hydrogens is 518 g/mol. The maximum absolute atomic E-state index is 13.7. The summed E-state index contributed by atoms with van der Waals surface area (Å²) in [6.45, 7) is 2.58. The second-order valence-electron chi connectivity index (χ2n) is 9.79. The SMILES string of the molecule is Cc1ccc(S(=O)(=O)N2CCCC(C(=O)N(CC(=O)NC3CCCCC3)Cc3cccs3)C2)cc1Cl. The van der Waals surface area contributed by atoms with Gasteiger partial charge in [-0.05, 0) is 61.7 Å². The van der Waals surface area contributed by atoms with E-state index in [1.165, 1.54) is 28.1 Å². The summed E-state index contributed by atoms with van der Waals surface area (Å²) in [6, 6.07) is 8.75. The third kappa shape index (κ3) is 6.68. The number of hydrogen-bond acceptors (Lipinski definition) is 5. The normalized spacial score (nSPS) is 19.7. The number of aryl methyl sites for hydroxylation is 1. The summed E-state index contributed by atoms with van der Waals surface area (Å²) in [5.74, 6) is -0.831. The fourth-order valence-corrected chi connectivity index (χ4v) is 7.51. The molecule has 1 N–H and O–H groups in total. The van der Waals surface area contributed by atoms with Crippen LogP contribution in [0.1, 0.15) is 55.4 Å². The second-order valence-corrected chi connectivity index (χ2v) is 13.2. The molecule has 1 aromatic carbocycles. The van der Waals surface area contributed by atoms with Crippen LogP contribution in [0.5, 0.6) is 0 Å². The third-order valence-corrected chi connectivity index (χ3v) is 10.2. The zero-order valence-electron chi connectivity index (χ0n) is 20.6. The molecule has 1 saturated carbocycles. The summed E-state index contributed by atoms with van der Waals surface area (Å²) < 4.78 is 28.0. The van der Waals surface area contributed by atoms with Crippen LogP contribution in [0, 0.1) is 12.8 Å². The number of amides is 2.